The van der Waals surface area contributed by atoms with Gasteiger partial charge in [-0.15, -0.1) is 0 Å². The molecule has 0 saturated carbocycles. The topological polar surface area (TPSA) is 57.5 Å². The van der Waals surface area contributed by atoms with Crippen LogP contribution in [0.3, 0.4) is 0 Å². The minimum absolute atomic E-state index is 0.271. The van der Waals surface area contributed by atoms with Gasteiger partial charge < -0.3 is 10.2 Å². The second-order valence-electron chi connectivity index (χ2n) is 2.24. The first-order valence-corrected chi connectivity index (χ1v) is 4.11. The van der Waals surface area contributed by atoms with E-state index in [0.29, 0.717) is 5.25 Å². The second kappa shape index (κ2) is 4.57. The van der Waals surface area contributed by atoms with Crippen LogP contribution in [-0.2, 0) is 4.79 Å². The summed E-state index contributed by atoms with van der Waals surface area (Å²) < 4.78 is 0. The average molecular weight is 164 g/mol. The van der Waals surface area contributed by atoms with Gasteiger partial charge >= 0.3 is 5.97 Å². The number of carboxylic acids is 1. The van der Waals surface area contributed by atoms with Gasteiger partial charge in [-0.2, -0.15) is 11.8 Å². The van der Waals surface area contributed by atoms with Gasteiger partial charge in [0.1, 0.15) is 0 Å². The highest BCUT2D eigenvalue weighted by atomic mass is 32.2. The molecule has 2 N–H and O–H groups in total. The fourth-order valence-electron chi connectivity index (χ4n) is 0.355. The maximum Gasteiger partial charge on any atom is 0.333 e. The number of rotatable bonds is 4. The van der Waals surface area contributed by atoms with Crippen LogP contribution in [0.15, 0.2) is 0 Å². The summed E-state index contributed by atoms with van der Waals surface area (Å²) >= 11 is 1.44. The van der Waals surface area contributed by atoms with Crippen LogP contribution >= 0.6 is 11.8 Å². The van der Waals surface area contributed by atoms with Gasteiger partial charge in [-0.05, 0) is 5.25 Å². The highest BCUT2D eigenvalue weighted by Crippen LogP contribution is 2.10. The van der Waals surface area contributed by atoms with Crippen LogP contribution < -0.4 is 0 Å². The molecular formula is C6H12O3S. The standard InChI is InChI=1S/C6H12O3S/c1-4(2)10-3-5(7)6(8)9/h4-5,7H,3H2,1-2H3,(H,8,9). The number of carboxylic acid groups (broad SMARTS) is 1. The van der Waals surface area contributed by atoms with E-state index in [-0.39, 0.29) is 5.75 Å². The quantitative estimate of drug-likeness (QED) is 0.638. The van der Waals surface area contributed by atoms with Crippen molar-refractivity contribution in [3.8, 4) is 0 Å². The molecule has 0 amide bonds. The van der Waals surface area contributed by atoms with Gasteiger partial charge in [0, 0.05) is 5.75 Å². The Morgan fingerprint density at radius 2 is 2.10 bits per heavy atom. The summed E-state index contributed by atoms with van der Waals surface area (Å²) in [5, 5.41) is 17.4. The zero-order valence-electron chi connectivity index (χ0n) is 6.07. The van der Waals surface area contributed by atoms with Gasteiger partial charge in [-0.25, -0.2) is 4.79 Å². The fourth-order valence-corrected chi connectivity index (χ4v) is 1.06. The first-order chi connectivity index (χ1) is 4.54. The number of aliphatic carboxylic acids is 1. The van der Waals surface area contributed by atoms with Crippen molar-refractivity contribution in [2.45, 2.75) is 25.2 Å². The highest BCUT2D eigenvalue weighted by Gasteiger charge is 2.12. The molecule has 0 aromatic rings. The SMILES string of the molecule is CC(C)SCC(O)C(=O)O. The Morgan fingerprint density at radius 3 is 2.40 bits per heavy atom. The van der Waals surface area contributed by atoms with Crippen LogP contribution in [0.4, 0.5) is 0 Å². The molecule has 0 aliphatic rings. The minimum Gasteiger partial charge on any atom is -0.479 e. The molecule has 0 rings (SSSR count). The first kappa shape index (κ1) is 9.78. The van der Waals surface area contributed by atoms with Crippen LogP contribution in [0.2, 0.25) is 0 Å². The van der Waals surface area contributed by atoms with Crippen LogP contribution in [0.25, 0.3) is 0 Å². The second-order valence-corrected chi connectivity index (χ2v) is 3.85. The van der Waals surface area contributed by atoms with E-state index in [1.54, 1.807) is 0 Å². The number of hydrogen-bond donors (Lipinski definition) is 2. The van der Waals surface area contributed by atoms with Crippen LogP contribution in [0.1, 0.15) is 13.8 Å². The summed E-state index contributed by atoms with van der Waals surface area (Å²) in [6, 6.07) is 0. The number of aliphatic hydroxyl groups is 1. The van der Waals surface area contributed by atoms with Crippen molar-refractivity contribution in [3.63, 3.8) is 0 Å². The van der Waals surface area contributed by atoms with E-state index in [1.807, 2.05) is 13.8 Å². The van der Waals surface area contributed by atoms with Crippen molar-refractivity contribution < 1.29 is 15.0 Å². The molecule has 1 atom stereocenters. The molecule has 4 heteroatoms. The Bertz CT molecular complexity index is 114. The zero-order valence-corrected chi connectivity index (χ0v) is 6.89. The van der Waals surface area contributed by atoms with Gasteiger partial charge in [0.25, 0.3) is 0 Å². The average Bonchev–Trinajstić information content (AvgIpc) is 1.82. The third kappa shape index (κ3) is 4.64. The Morgan fingerprint density at radius 1 is 1.60 bits per heavy atom. The third-order valence-corrected chi connectivity index (χ3v) is 2.05. The lowest BCUT2D eigenvalue weighted by molar-refractivity contribution is -0.145. The smallest absolute Gasteiger partial charge is 0.333 e. The lowest BCUT2D eigenvalue weighted by Crippen LogP contribution is -2.22. The molecule has 0 aromatic heterocycles. The number of thioether (sulfide) groups is 1. The van der Waals surface area contributed by atoms with Crippen molar-refractivity contribution in [1.29, 1.82) is 0 Å². The van der Waals surface area contributed by atoms with Crippen molar-refractivity contribution in [3.05, 3.63) is 0 Å². The number of carbonyl (C=O) groups is 1. The van der Waals surface area contributed by atoms with Crippen LogP contribution in [-0.4, -0.2) is 33.3 Å². The normalized spacial score (nSPS) is 13.6. The van der Waals surface area contributed by atoms with Crippen molar-refractivity contribution in [2.75, 3.05) is 5.75 Å². The predicted octanol–water partition coefficient (Wildman–Crippen LogP) is 0.574. The fraction of sp³-hybridized carbons (Fsp3) is 0.833. The monoisotopic (exact) mass is 164 g/mol. The predicted molar refractivity (Wildman–Crippen MR) is 41.2 cm³/mol. The molecule has 0 aliphatic carbocycles. The molecule has 60 valence electrons. The van der Waals surface area contributed by atoms with E-state index in [1.165, 1.54) is 11.8 Å². The molecule has 0 bridgehead atoms. The molecule has 3 nitrogen and oxygen atoms in total. The maximum atomic E-state index is 10.0. The summed E-state index contributed by atoms with van der Waals surface area (Å²) in [4.78, 5) is 10.0. The zero-order chi connectivity index (χ0) is 8.15. The molecule has 0 heterocycles. The lowest BCUT2D eigenvalue weighted by atomic mass is 10.4. The van der Waals surface area contributed by atoms with Crippen molar-refractivity contribution in [1.82, 2.24) is 0 Å². The van der Waals surface area contributed by atoms with Crippen molar-refractivity contribution >= 4 is 17.7 Å². The molecule has 1 unspecified atom stereocenters. The maximum absolute atomic E-state index is 10.0. The largest absolute Gasteiger partial charge is 0.479 e. The van der Waals surface area contributed by atoms with Gasteiger partial charge in [0.15, 0.2) is 6.10 Å². The van der Waals surface area contributed by atoms with E-state index in [2.05, 4.69) is 0 Å². The summed E-state index contributed by atoms with van der Waals surface area (Å²) in [6.45, 7) is 3.92. The van der Waals surface area contributed by atoms with E-state index in [9.17, 15) is 4.79 Å². The van der Waals surface area contributed by atoms with Crippen LogP contribution in [0.5, 0.6) is 0 Å². The van der Waals surface area contributed by atoms with Crippen molar-refractivity contribution in [2.24, 2.45) is 0 Å². The molecule has 0 aliphatic heterocycles. The van der Waals surface area contributed by atoms with Gasteiger partial charge in [0.2, 0.25) is 0 Å². The number of hydrogen-bond acceptors (Lipinski definition) is 3. The van der Waals surface area contributed by atoms with Crippen LogP contribution in [0, 0.1) is 0 Å². The minimum atomic E-state index is -1.22. The van der Waals surface area contributed by atoms with Gasteiger partial charge in [-0.1, -0.05) is 13.8 Å². The number of aliphatic hydroxyl groups excluding tert-OH is 1. The summed E-state index contributed by atoms with van der Waals surface area (Å²) in [5.74, 6) is -0.874. The van der Waals surface area contributed by atoms with E-state index in [4.69, 9.17) is 10.2 Å². The Labute approximate surface area is 64.4 Å². The third-order valence-electron chi connectivity index (χ3n) is 0.872. The molecular weight excluding hydrogens is 152 g/mol. The molecule has 10 heavy (non-hydrogen) atoms. The molecule has 0 saturated heterocycles. The van der Waals surface area contributed by atoms with E-state index >= 15 is 0 Å². The Kier molecular flexibility index (Phi) is 4.47. The van der Waals surface area contributed by atoms with E-state index in [0.717, 1.165) is 0 Å². The van der Waals surface area contributed by atoms with Gasteiger partial charge in [0.05, 0.1) is 0 Å². The Hall–Kier alpha value is -0.220. The van der Waals surface area contributed by atoms with Gasteiger partial charge in [-0.3, -0.25) is 0 Å². The first-order valence-electron chi connectivity index (χ1n) is 3.06. The summed E-state index contributed by atoms with van der Waals surface area (Å²) in [7, 11) is 0. The molecule has 0 radical (unpaired) electrons. The summed E-state index contributed by atoms with van der Waals surface area (Å²) in [6.07, 6.45) is -1.22. The summed E-state index contributed by atoms with van der Waals surface area (Å²) in [5.41, 5.74) is 0. The molecule has 0 spiro atoms. The Balaban J connectivity index is 3.40. The lowest BCUT2D eigenvalue weighted by Gasteiger charge is -2.06. The molecule has 0 aromatic carbocycles. The highest BCUT2D eigenvalue weighted by molar-refractivity contribution is 7.99. The molecule has 0 fully saturated rings. The van der Waals surface area contributed by atoms with E-state index < -0.39 is 12.1 Å².